The third-order valence-electron chi connectivity index (χ3n) is 1.92. The van der Waals surface area contributed by atoms with Gasteiger partial charge < -0.3 is 16.4 Å². The molecule has 0 aromatic carbocycles. The van der Waals surface area contributed by atoms with Crippen LogP contribution in [0.25, 0.3) is 0 Å². The van der Waals surface area contributed by atoms with Crippen molar-refractivity contribution in [2.24, 2.45) is 5.73 Å². The number of rotatable bonds is 6. The van der Waals surface area contributed by atoms with E-state index in [4.69, 9.17) is 5.73 Å². The Morgan fingerprint density at radius 2 is 1.88 bits per heavy atom. The summed E-state index contributed by atoms with van der Waals surface area (Å²) in [6.45, 7) is 8.51. The molecule has 0 aliphatic rings. The van der Waals surface area contributed by atoms with Crippen molar-refractivity contribution in [2.75, 3.05) is 6.54 Å². The third kappa shape index (κ3) is 9.45. The van der Waals surface area contributed by atoms with Gasteiger partial charge in [-0.1, -0.05) is 0 Å². The van der Waals surface area contributed by atoms with Gasteiger partial charge in [-0.05, 0) is 27.7 Å². The standard InChI is InChI=1S/C11H23N3O2/c1-8(7-9(12)15)14-10(16)5-6-13-11(2,3)4/h8,13H,5-7H2,1-4H3,(H2,12,15)(H,14,16). The van der Waals surface area contributed by atoms with Crippen molar-refractivity contribution in [3.8, 4) is 0 Å². The van der Waals surface area contributed by atoms with Crippen LogP contribution < -0.4 is 16.4 Å². The van der Waals surface area contributed by atoms with Crippen LogP contribution in [0, 0.1) is 0 Å². The molecule has 16 heavy (non-hydrogen) atoms. The third-order valence-corrected chi connectivity index (χ3v) is 1.92. The summed E-state index contributed by atoms with van der Waals surface area (Å²) < 4.78 is 0. The van der Waals surface area contributed by atoms with E-state index in [9.17, 15) is 9.59 Å². The fourth-order valence-corrected chi connectivity index (χ4v) is 1.25. The lowest BCUT2D eigenvalue weighted by atomic mass is 10.1. The molecule has 0 rings (SSSR count). The highest BCUT2D eigenvalue weighted by Crippen LogP contribution is 1.98. The SMILES string of the molecule is CC(CC(N)=O)NC(=O)CCNC(C)(C)C. The molecular weight excluding hydrogens is 206 g/mol. The predicted octanol–water partition coefficient (Wildman–Crippen LogP) is 0.145. The van der Waals surface area contributed by atoms with Crippen LogP contribution >= 0.6 is 0 Å². The largest absolute Gasteiger partial charge is 0.370 e. The molecule has 4 N–H and O–H groups in total. The van der Waals surface area contributed by atoms with Crippen LogP contribution in [-0.4, -0.2) is 29.9 Å². The van der Waals surface area contributed by atoms with E-state index in [0.29, 0.717) is 13.0 Å². The van der Waals surface area contributed by atoms with Crippen molar-refractivity contribution in [3.05, 3.63) is 0 Å². The highest BCUT2D eigenvalue weighted by atomic mass is 16.2. The Balaban J connectivity index is 3.70. The molecule has 1 atom stereocenters. The summed E-state index contributed by atoms with van der Waals surface area (Å²) in [4.78, 5) is 22.0. The molecule has 0 aliphatic heterocycles. The second-order valence-electron chi connectivity index (χ2n) is 5.07. The number of nitrogens with one attached hydrogen (secondary N) is 2. The van der Waals surface area contributed by atoms with Gasteiger partial charge in [-0.25, -0.2) is 0 Å². The first kappa shape index (κ1) is 14.9. The Hall–Kier alpha value is -1.10. The Morgan fingerprint density at radius 3 is 2.31 bits per heavy atom. The number of nitrogens with two attached hydrogens (primary N) is 1. The molecule has 0 aromatic rings. The van der Waals surface area contributed by atoms with Crippen LogP contribution in [0.2, 0.25) is 0 Å². The van der Waals surface area contributed by atoms with E-state index in [2.05, 4.69) is 10.6 Å². The first-order valence-corrected chi connectivity index (χ1v) is 5.53. The van der Waals surface area contributed by atoms with Gasteiger partial charge in [0.2, 0.25) is 11.8 Å². The minimum Gasteiger partial charge on any atom is -0.370 e. The van der Waals surface area contributed by atoms with Crippen LogP contribution in [0.4, 0.5) is 0 Å². The summed E-state index contributed by atoms with van der Waals surface area (Å²) in [5, 5.41) is 5.93. The van der Waals surface area contributed by atoms with Crippen molar-refractivity contribution in [1.82, 2.24) is 10.6 Å². The molecule has 2 amide bonds. The van der Waals surface area contributed by atoms with Crippen molar-refractivity contribution in [2.45, 2.75) is 52.1 Å². The van der Waals surface area contributed by atoms with E-state index in [-0.39, 0.29) is 23.9 Å². The van der Waals surface area contributed by atoms with E-state index < -0.39 is 5.91 Å². The summed E-state index contributed by atoms with van der Waals surface area (Å²) in [5.74, 6) is -0.467. The quantitative estimate of drug-likeness (QED) is 0.606. The summed E-state index contributed by atoms with van der Waals surface area (Å²) in [6.07, 6.45) is 0.582. The monoisotopic (exact) mass is 229 g/mol. The van der Waals surface area contributed by atoms with E-state index in [1.54, 1.807) is 6.92 Å². The number of hydrogen-bond donors (Lipinski definition) is 3. The maximum atomic E-state index is 11.4. The van der Waals surface area contributed by atoms with Crippen LogP contribution in [0.5, 0.6) is 0 Å². The van der Waals surface area contributed by atoms with Crippen LogP contribution in [0.3, 0.4) is 0 Å². The van der Waals surface area contributed by atoms with Gasteiger partial charge in [0.1, 0.15) is 0 Å². The Labute approximate surface area is 97.2 Å². The molecule has 5 nitrogen and oxygen atoms in total. The summed E-state index contributed by atoms with van der Waals surface area (Å²) >= 11 is 0. The molecule has 0 saturated carbocycles. The second-order valence-corrected chi connectivity index (χ2v) is 5.07. The normalized spacial score (nSPS) is 13.2. The van der Waals surface area contributed by atoms with E-state index >= 15 is 0 Å². The molecule has 1 unspecified atom stereocenters. The second kappa shape index (κ2) is 6.48. The molecule has 5 heteroatoms. The van der Waals surface area contributed by atoms with Gasteiger partial charge in [-0.3, -0.25) is 9.59 Å². The topological polar surface area (TPSA) is 84.2 Å². The summed E-state index contributed by atoms with van der Waals surface area (Å²) in [5.41, 5.74) is 5.04. The zero-order valence-electron chi connectivity index (χ0n) is 10.6. The molecular formula is C11H23N3O2. The Kier molecular flexibility index (Phi) is 6.03. The highest BCUT2D eigenvalue weighted by Gasteiger charge is 2.12. The average Bonchev–Trinajstić information content (AvgIpc) is 1.98. The minimum absolute atomic E-state index is 0.0130. The molecule has 0 aliphatic carbocycles. The van der Waals surface area contributed by atoms with Crippen LogP contribution in [-0.2, 0) is 9.59 Å². The first-order valence-electron chi connectivity index (χ1n) is 5.53. The molecule has 0 bridgehead atoms. The fourth-order valence-electron chi connectivity index (χ4n) is 1.25. The smallest absolute Gasteiger partial charge is 0.221 e. The highest BCUT2D eigenvalue weighted by molar-refractivity contribution is 5.78. The van der Waals surface area contributed by atoms with Gasteiger partial charge in [-0.15, -0.1) is 0 Å². The zero-order valence-corrected chi connectivity index (χ0v) is 10.6. The van der Waals surface area contributed by atoms with Crippen molar-refractivity contribution in [3.63, 3.8) is 0 Å². The lowest BCUT2D eigenvalue weighted by molar-refractivity contribution is -0.122. The number of hydrogen-bond acceptors (Lipinski definition) is 3. The van der Waals surface area contributed by atoms with Gasteiger partial charge in [-0.2, -0.15) is 0 Å². The van der Waals surface area contributed by atoms with Gasteiger partial charge in [0.25, 0.3) is 0 Å². The van der Waals surface area contributed by atoms with Crippen LogP contribution in [0.1, 0.15) is 40.5 Å². The van der Waals surface area contributed by atoms with E-state index in [1.165, 1.54) is 0 Å². The molecule has 0 spiro atoms. The molecule has 0 fully saturated rings. The van der Waals surface area contributed by atoms with Gasteiger partial charge >= 0.3 is 0 Å². The minimum atomic E-state index is -0.402. The van der Waals surface area contributed by atoms with Crippen molar-refractivity contribution >= 4 is 11.8 Å². The summed E-state index contributed by atoms with van der Waals surface area (Å²) in [6, 6.07) is -0.195. The van der Waals surface area contributed by atoms with E-state index in [0.717, 1.165) is 0 Å². The molecule has 0 aromatic heterocycles. The molecule has 0 heterocycles. The number of primary amides is 1. The Bertz CT molecular complexity index is 246. The fraction of sp³-hybridized carbons (Fsp3) is 0.818. The number of amides is 2. The maximum absolute atomic E-state index is 11.4. The number of carbonyl (C=O) groups excluding carboxylic acids is 2. The average molecular weight is 229 g/mol. The lowest BCUT2D eigenvalue weighted by Gasteiger charge is -2.20. The van der Waals surface area contributed by atoms with Gasteiger partial charge in [0, 0.05) is 31.0 Å². The van der Waals surface area contributed by atoms with Gasteiger partial charge in [0.05, 0.1) is 0 Å². The lowest BCUT2D eigenvalue weighted by Crippen LogP contribution is -2.40. The first-order chi connectivity index (χ1) is 7.20. The number of carbonyl (C=O) groups is 2. The van der Waals surface area contributed by atoms with Crippen molar-refractivity contribution in [1.29, 1.82) is 0 Å². The Morgan fingerprint density at radius 1 is 1.31 bits per heavy atom. The van der Waals surface area contributed by atoms with E-state index in [1.807, 2.05) is 20.8 Å². The molecule has 0 saturated heterocycles. The van der Waals surface area contributed by atoms with Gasteiger partial charge in [0.15, 0.2) is 0 Å². The predicted molar refractivity (Wildman–Crippen MR) is 63.8 cm³/mol. The maximum Gasteiger partial charge on any atom is 0.221 e. The zero-order chi connectivity index (χ0) is 12.8. The summed E-state index contributed by atoms with van der Waals surface area (Å²) in [7, 11) is 0. The molecule has 94 valence electrons. The van der Waals surface area contributed by atoms with Crippen molar-refractivity contribution < 1.29 is 9.59 Å². The molecule has 0 radical (unpaired) electrons. The van der Waals surface area contributed by atoms with Crippen LogP contribution in [0.15, 0.2) is 0 Å².